The van der Waals surface area contributed by atoms with Crippen molar-refractivity contribution >= 4 is 5.97 Å². The molecule has 0 aromatic heterocycles. The molecule has 0 aromatic rings. The van der Waals surface area contributed by atoms with E-state index < -0.39 is 5.97 Å². The molecule has 0 saturated heterocycles. The summed E-state index contributed by atoms with van der Waals surface area (Å²) in [4.78, 5) is 9.00. The van der Waals surface area contributed by atoms with E-state index in [2.05, 4.69) is 0 Å². The van der Waals surface area contributed by atoms with E-state index in [4.69, 9.17) is 9.90 Å². The van der Waals surface area contributed by atoms with E-state index in [9.17, 15) is 0 Å². The van der Waals surface area contributed by atoms with Crippen molar-refractivity contribution in [2.75, 3.05) is 0 Å². The predicted octanol–water partition coefficient (Wildman–Crippen LogP) is -2.39. The molecule has 0 spiro atoms. The molecule has 58 valence electrons. The summed E-state index contributed by atoms with van der Waals surface area (Å²) >= 11 is 0. The average Bonchev–Trinajstić information content (AvgIpc) is 0.811. The second kappa shape index (κ2) is 28.9. The molecule has 0 aliphatic heterocycles. The number of hydrogen-bond donors (Lipinski definition) is 1. The quantitative estimate of drug-likeness (QED) is 0.409. The molecule has 0 aliphatic rings. The summed E-state index contributed by atoms with van der Waals surface area (Å²) in [6, 6.07) is 0. The summed E-state index contributed by atoms with van der Waals surface area (Å²) in [6.45, 7) is 1.08. The Morgan fingerprint density at radius 3 is 1.25 bits per heavy atom. The summed E-state index contributed by atoms with van der Waals surface area (Å²) in [7, 11) is 0. The van der Waals surface area contributed by atoms with Gasteiger partial charge in [-0.2, -0.15) is 0 Å². The summed E-state index contributed by atoms with van der Waals surface area (Å²) in [5.41, 5.74) is 0. The number of rotatable bonds is 0. The monoisotopic (exact) mass is 172 g/mol. The Kier molecular flexibility index (Phi) is 164. The summed E-state index contributed by atoms with van der Waals surface area (Å²) in [5.74, 6) is -0.833. The minimum absolute atomic E-state index is 0. The van der Waals surface area contributed by atoms with Gasteiger partial charge >= 0.3 is 0 Å². The largest absolute Gasteiger partial charge is 0.481 e. The SMILES string of the molecule is CC(=O)O.O.O.O.[Ni]. The van der Waals surface area contributed by atoms with Crippen LogP contribution in [0.2, 0.25) is 0 Å². The molecular weight excluding hydrogens is 163 g/mol. The van der Waals surface area contributed by atoms with Crippen LogP contribution in [0.1, 0.15) is 6.92 Å². The Bertz CT molecular complexity index is 33.4. The second-order valence-electron chi connectivity index (χ2n) is 0.519. The molecular formula is C2H10NiO5. The zero-order valence-electron chi connectivity index (χ0n) is 4.17. The molecule has 7 N–H and O–H groups in total. The number of carbonyl (C=O) groups is 1. The van der Waals surface area contributed by atoms with Gasteiger partial charge in [-0.3, -0.25) is 4.79 Å². The van der Waals surface area contributed by atoms with E-state index in [0.717, 1.165) is 6.92 Å². The van der Waals surface area contributed by atoms with E-state index >= 15 is 0 Å². The number of hydrogen-bond acceptors (Lipinski definition) is 1. The maximum atomic E-state index is 9.00. The van der Waals surface area contributed by atoms with Crippen LogP contribution in [-0.4, -0.2) is 27.5 Å². The van der Waals surface area contributed by atoms with Gasteiger partial charge in [0, 0.05) is 23.4 Å². The van der Waals surface area contributed by atoms with Crippen molar-refractivity contribution in [1.29, 1.82) is 0 Å². The zero-order valence-corrected chi connectivity index (χ0v) is 5.16. The molecule has 0 aromatic carbocycles. The van der Waals surface area contributed by atoms with E-state index in [1.165, 1.54) is 0 Å². The molecule has 0 saturated carbocycles. The van der Waals surface area contributed by atoms with Crippen LogP contribution in [-0.2, 0) is 21.3 Å². The van der Waals surface area contributed by atoms with Gasteiger partial charge in [0.15, 0.2) is 0 Å². The molecule has 0 fully saturated rings. The topological polar surface area (TPSA) is 132 Å². The number of carboxylic acids is 1. The summed E-state index contributed by atoms with van der Waals surface area (Å²) < 4.78 is 0. The first-order chi connectivity index (χ1) is 1.73. The fourth-order valence-electron chi connectivity index (χ4n) is 0. The first-order valence-corrected chi connectivity index (χ1v) is 0.928. The van der Waals surface area contributed by atoms with Crippen molar-refractivity contribution in [3.05, 3.63) is 0 Å². The zero-order chi connectivity index (χ0) is 3.58. The van der Waals surface area contributed by atoms with Gasteiger partial charge in [-0.25, -0.2) is 0 Å². The van der Waals surface area contributed by atoms with Crippen LogP contribution in [0.4, 0.5) is 0 Å². The molecule has 0 heterocycles. The van der Waals surface area contributed by atoms with Crippen molar-refractivity contribution in [1.82, 2.24) is 0 Å². The Labute approximate surface area is 56.5 Å². The molecule has 0 amide bonds. The van der Waals surface area contributed by atoms with E-state index in [1.54, 1.807) is 0 Å². The van der Waals surface area contributed by atoms with Crippen molar-refractivity contribution in [2.45, 2.75) is 6.92 Å². The van der Waals surface area contributed by atoms with Crippen LogP contribution in [0.5, 0.6) is 0 Å². The van der Waals surface area contributed by atoms with Crippen molar-refractivity contribution < 1.29 is 42.8 Å². The van der Waals surface area contributed by atoms with Gasteiger partial charge in [0.2, 0.25) is 0 Å². The van der Waals surface area contributed by atoms with Gasteiger partial charge in [-0.1, -0.05) is 0 Å². The fraction of sp³-hybridized carbons (Fsp3) is 0.500. The van der Waals surface area contributed by atoms with Crippen LogP contribution in [0.3, 0.4) is 0 Å². The van der Waals surface area contributed by atoms with Gasteiger partial charge in [-0.15, -0.1) is 0 Å². The van der Waals surface area contributed by atoms with Crippen LogP contribution in [0, 0.1) is 0 Å². The molecule has 0 atom stereocenters. The minimum Gasteiger partial charge on any atom is -0.481 e. The van der Waals surface area contributed by atoms with Gasteiger partial charge in [0.25, 0.3) is 5.97 Å². The maximum Gasteiger partial charge on any atom is 0.300 e. The Morgan fingerprint density at radius 1 is 1.25 bits per heavy atom. The third-order valence-electron chi connectivity index (χ3n) is 0. The molecule has 0 rings (SSSR count). The van der Waals surface area contributed by atoms with Gasteiger partial charge in [0.05, 0.1) is 0 Å². The van der Waals surface area contributed by atoms with Crippen molar-refractivity contribution in [3.63, 3.8) is 0 Å². The van der Waals surface area contributed by atoms with Crippen molar-refractivity contribution in [2.24, 2.45) is 0 Å². The summed E-state index contributed by atoms with van der Waals surface area (Å²) in [6.07, 6.45) is 0. The average molecular weight is 173 g/mol. The fourth-order valence-corrected chi connectivity index (χ4v) is 0. The molecule has 6 heteroatoms. The summed E-state index contributed by atoms with van der Waals surface area (Å²) in [5, 5.41) is 7.42. The molecule has 0 unspecified atom stereocenters. The van der Waals surface area contributed by atoms with Crippen LogP contribution in [0.15, 0.2) is 0 Å². The Balaban J connectivity index is -0.00000000750. The molecule has 8 heavy (non-hydrogen) atoms. The Hall–Kier alpha value is -0.156. The van der Waals surface area contributed by atoms with E-state index in [-0.39, 0.29) is 32.9 Å². The Morgan fingerprint density at radius 2 is 1.25 bits per heavy atom. The van der Waals surface area contributed by atoms with Crippen molar-refractivity contribution in [3.8, 4) is 0 Å². The van der Waals surface area contributed by atoms with Crippen LogP contribution < -0.4 is 0 Å². The third-order valence-corrected chi connectivity index (χ3v) is 0. The van der Waals surface area contributed by atoms with E-state index in [0.29, 0.717) is 0 Å². The first-order valence-electron chi connectivity index (χ1n) is 0.928. The normalized spacial score (nSPS) is 3.12. The van der Waals surface area contributed by atoms with Gasteiger partial charge in [0.1, 0.15) is 0 Å². The maximum absolute atomic E-state index is 9.00. The minimum atomic E-state index is -0.833. The second-order valence-corrected chi connectivity index (χ2v) is 0.519. The molecule has 0 aliphatic carbocycles. The van der Waals surface area contributed by atoms with Gasteiger partial charge in [-0.05, 0) is 0 Å². The van der Waals surface area contributed by atoms with E-state index in [1.807, 2.05) is 0 Å². The standard InChI is InChI=1S/C2H4O2.Ni.3H2O/c1-2(3)4;;;;/h1H3,(H,3,4);;3*1H2. The first kappa shape index (κ1) is 45.4. The predicted molar refractivity (Wildman–Crippen MR) is 24.2 cm³/mol. The smallest absolute Gasteiger partial charge is 0.300 e. The number of aliphatic carboxylic acids is 1. The molecule has 5 nitrogen and oxygen atoms in total. The van der Waals surface area contributed by atoms with Crippen LogP contribution in [0.25, 0.3) is 0 Å². The number of carboxylic acid groups (broad SMARTS) is 1. The molecule has 0 radical (unpaired) electrons. The van der Waals surface area contributed by atoms with Gasteiger partial charge < -0.3 is 21.5 Å². The molecule has 0 bridgehead atoms. The van der Waals surface area contributed by atoms with Crippen LogP contribution >= 0.6 is 0 Å². The third kappa shape index (κ3) is 5600.